The second kappa shape index (κ2) is 6.78. The number of amides is 1. The maximum Gasteiger partial charge on any atom is 0.262 e. The maximum absolute atomic E-state index is 15.4. The molecule has 0 aliphatic heterocycles. The standard InChI is InChI=1S/C17H15BrClFN2O2/c18-11-3-4-13(19)10(8-11)9-22-16(24)17(20)6-5-14(23)15-12(17)2-1-7-21-15/h1-4,7-8,14,23H,5-6,9H2,(H,22,24). The predicted molar refractivity (Wildman–Crippen MR) is 92.2 cm³/mol. The van der Waals surface area contributed by atoms with E-state index in [1.165, 1.54) is 12.3 Å². The van der Waals surface area contributed by atoms with Crippen LogP contribution >= 0.6 is 27.5 Å². The van der Waals surface area contributed by atoms with E-state index in [4.69, 9.17) is 11.6 Å². The number of alkyl halides is 1. The molecule has 2 atom stereocenters. The van der Waals surface area contributed by atoms with Crippen LogP contribution in [0.4, 0.5) is 4.39 Å². The molecule has 0 saturated heterocycles. The summed E-state index contributed by atoms with van der Waals surface area (Å²) in [6.07, 6.45) is 0.682. The molecule has 126 valence electrons. The number of nitrogens with zero attached hydrogens (tertiary/aromatic N) is 1. The number of hydrogen-bond acceptors (Lipinski definition) is 3. The Morgan fingerprint density at radius 3 is 3.08 bits per heavy atom. The number of nitrogens with one attached hydrogen (secondary N) is 1. The third-order valence-corrected chi connectivity index (χ3v) is 5.01. The third-order valence-electron chi connectivity index (χ3n) is 4.15. The fraction of sp³-hybridized carbons (Fsp3) is 0.294. The van der Waals surface area contributed by atoms with Crippen LogP contribution in [-0.2, 0) is 17.0 Å². The fourth-order valence-electron chi connectivity index (χ4n) is 2.86. The summed E-state index contributed by atoms with van der Waals surface area (Å²) in [6.45, 7) is 0.112. The number of pyridine rings is 1. The number of halogens is 3. The molecule has 0 fully saturated rings. The molecule has 0 saturated carbocycles. The number of carbonyl (C=O) groups is 1. The van der Waals surface area contributed by atoms with Gasteiger partial charge in [0.2, 0.25) is 5.67 Å². The van der Waals surface area contributed by atoms with E-state index >= 15 is 4.39 Å². The van der Waals surface area contributed by atoms with E-state index in [9.17, 15) is 9.90 Å². The van der Waals surface area contributed by atoms with Gasteiger partial charge in [0.1, 0.15) is 0 Å². The van der Waals surface area contributed by atoms with Gasteiger partial charge in [0.25, 0.3) is 5.91 Å². The van der Waals surface area contributed by atoms with Gasteiger partial charge in [-0.1, -0.05) is 33.6 Å². The van der Waals surface area contributed by atoms with Crippen LogP contribution in [0.2, 0.25) is 5.02 Å². The van der Waals surface area contributed by atoms with E-state index < -0.39 is 17.7 Å². The molecular formula is C17H15BrClFN2O2. The summed E-state index contributed by atoms with van der Waals surface area (Å²) in [5.74, 6) is -0.750. The van der Waals surface area contributed by atoms with Crippen molar-refractivity contribution in [1.29, 1.82) is 0 Å². The molecule has 0 radical (unpaired) electrons. The van der Waals surface area contributed by atoms with E-state index in [1.54, 1.807) is 24.3 Å². The molecule has 1 aromatic heterocycles. The zero-order valence-electron chi connectivity index (χ0n) is 12.6. The smallest absolute Gasteiger partial charge is 0.262 e. The molecule has 2 aromatic rings. The highest BCUT2D eigenvalue weighted by Crippen LogP contribution is 2.42. The van der Waals surface area contributed by atoms with Crippen molar-refractivity contribution in [3.05, 3.63) is 62.8 Å². The van der Waals surface area contributed by atoms with Crippen LogP contribution in [0.5, 0.6) is 0 Å². The monoisotopic (exact) mass is 412 g/mol. The number of hydrogen-bond donors (Lipinski definition) is 2. The molecule has 2 unspecified atom stereocenters. The van der Waals surface area contributed by atoms with Crippen molar-refractivity contribution in [1.82, 2.24) is 10.3 Å². The van der Waals surface area contributed by atoms with Gasteiger partial charge in [0, 0.05) is 27.8 Å². The van der Waals surface area contributed by atoms with Gasteiger partial charge in [-0.2, -0.15) is 0 Å². The first kappa shape index (κ1) is 17.3. The van der Waals surface area contributed by atoms with Gasteiger partial charge in [-0.15, -0.1) is 0 Å². The van der Waals surface area contributed by atoms with E-state index in [0.29, 0.717) is 10.6 Å². The molecule has 0 bridgehead atoms. The largest absolute Gasteiger partial charge is 0.387 e. The average molecular weight is 414 g/mol. The summed E-state index contributed by atoms with van der Waals surface area (Å²) in [6, 6.07) is 8.32. The molecule has 1 aromatic carbocycles. The van der Waals surface area contributed by atoms with Gasteiger partial charge < -0.3 is 10.4 Å². The second-order valence-electron chi connectivity index (χ2n) is 5.71. The lowest BCUT2D eigenvalue weighted by Gasteiger charge is -2.32. The normalized spacial score (nSPS) is 22.8. The Balaban J connectivity index is 1.82. The van der Waals surface area contributed by atoms with Crippen molar-refractivity contribution >= 4 is 33.4 Å². The highest BCUT2D eigenvalue weighted by molar-refractivity contribution is 9.10. The number of fused-ring (bicyclic) bond motifs is 1. The Morgan fingerprint density at radius 1 is 1.50 bits per heavy atom. The van der Waals surface area contributed by atoms with Crippen LogP contribution in [0.25, 0.3) is 0 Å². The van der Waals surface area contributed by atoms with Gasteiger partial charge in [-0.25, -0.2) is 4.39 Å². The number of aliphatic hydroxyl groups is 1. The Hall–Kier alpha value is -1.50. The number of carbonyl (C=O) groups excluding carboxylic acids is 1. The minimum Gasteiger partial charge on any atom is -0.387 e. The molecule has 1 heterocycles. The number of benzene rings is 1. The second-order valence-corrected chi connectivity index (χ2v) is 7.03. The zero-order chi connectivity index (χ0) is 17.3. The van der Waals surface area contributed by atoms with Crippen molar-refractivity contribution < 1.29 is 14.3 Å². The highest BCUT2D eigenvalue weighted by atomic mass is 79.9. The van der Waals surface area contributed by atoms with Gasteiger partial charge in [-0.05, 0) is 42.7 Å². The third kappa shape index (κ3) is 3.18. The van der Waals surface area contributed by atoms with Crippen LogP contribution in [0.1, 0.15) is 35.8 Å². The highest BCUT2D eigenvalue weighted by Gasteiger charge is 2.46. The topological polar surface area (TPSA) is 62.2 Å². The van der Waals surface area contributed by atoms with Crippen LogP contribution < -0.4 is 5.32 Å². The van der Waals surface area contributed by atoms with E-state index in [1.807, 2.05) is 0 Å². The van der Waals surface area contributed by atoms with Crippen molar-refractivity contribution in [2.75, 3.05) is 0 Å². The van der Waals surface area contributed by atoms with Gasteiger partial charge >= 0.3 is 0 Å². The predicted octanol–water partition coefficient (Wildman–Crippen LogP) is 3.81. The Labute approximate surface area is 152 Å². The minimum absolute atomic E-state index is 0.0924. The van der Waals surface area contributed by atoms with Crippen LogP contribution in [0, 0.1) is 0 Å². The van der Waals surface area contributed by atoms with Crippen LogP contribution in [0.15, 0.2) is 41.0 Å². The first-order chi connectivity index (χ1) is 11.4. The van der Waals surface area contributed by atoms with E-state index in [-0.39, 0.29) is 30.6 Å². The first-order valence-corrected chi connectivity index (χ1v) is 8.63. The van der Waals surface area contributed by atoms with E-state index in [0.717, 1.165) is 4.47 Å². The molecule has 1 aliphatic carbocycles. The summed E-state index contributed by atoms with van der Waals surface area (Å²) >= 11 is 9.43. The van der Waals surface area contributed by atoms with Gasteiger partial charge in [0.05, 0.1) is 11.8 Å². The summed E-state index contributed by atoms with van der Waals surface area (Å²) < 4.78 is 16.2. The quantitative estimate of drug-likeness (QED) is 0.804. The van der Waals surface area contributed by atoms with Crippen molar-refractivity contribution in [2.24, 2.45) is 0 Å². The molecule has 24 heavy (non-hydrogen) atoms. The molecule has 2 N–H and O–H groups in total. The number of rotatable bonds is 3. The zero-order valence-corrected chi connectivity index (χ0v) is 14.9. The first-order valence-electron chi connectivity index (χ1n) is 7.46. The van der Waals surface area contributed by atoms with Gasteiger partial charge in [0.15, 0.2) is 0 Å². The van der Waals surface area contributed by atoms with Gasteiger partial charge in [-0.3, -0.25) is 9.78 Å². The Morgan fingerprint density at radius 2 is 2.29 bits per heavy atom. The average Bonchev–Trinajstić information content (AvgIpc) is 2.59. The molecule has 1 amide bonds. The molecule has 3 rings (SSSR count). The molecular weight excluding hydrogens is 399 g/mol. The van der Waals surface area contributed by atoms with Crippen molar-refractivity contribution in [3.8, 4) is 0 Å². The lowest BCUT2D eigenvalue weighted by molar-refractivity contribution is -0.135. The molecule has 1 aliphatic rings. The van der Waals surface area contributed by atoms with Crippen LogP contribution in [0.3, 0.4) is 0 Å². The van der Waals surface area contributed by atoms with Crippen molar-refractivity contribution in [2.45, 2.75) is 31.2 Å². The van der Waals surface area contributed by atoms with Crippen LogP contribution in [-0.4, -0.2) is 16.0 Å². The Bertz CT molecular complexity index is 789. The minimum atomic E-state index is -2.21. The summed E-state index contributed by atoms with van der Waals surface area (Å²) in [5, 5.41) is 13.1. The SMILES string of the molecule is O=C(NCc1cc(Br)ccc1Cl)C1(F)CCC(O)c2ncccc21. The Kier molecular flexibility index (Phi) is 4.90. The van der Waals surface area contributed by atoms with E-state index in [2.05, 4.69) is 26.2 Å². The summed E-state index contributed by atoms with van der Waals surface area (Å²) in [4.78, 5) is 16.5. The number of aromatic nitrogens is 1. The fourth-order valence-corrected chi connectivity index (χ4v) is 3.45. The molecule has 4 nitrogen and oxygen atoms in total. The summed E-state index contributed by atoms with van der Waals surface area (Å²) in [7, 11) is 0. The lowest BCUT2D eigenvalue weighted by atomic mass is 9.81. The summed E-state index contributed by atoms with van der Waals surface area (Å²) in [5.41, 5.74) is -1.17. The molecule has 7 heteroatoms. The molecule has 0 spiro atoms. The van der Waals surface area contributed by atoms with Crippen molar-refractivity contribution in [3.63, 3.8) is 0 Å². The maximum atomic E-state index is 15.4. The lowest BCUT2D eigenvalue weighted by Crippen LogP contribution is -2.44. The number of aliphatic hydroxyl groups excluding tert-OH is 1.